The zero-order valence-corrected chi connectivity index (χ0v) is 10.6. The van der Waals surface area contributed by atoms with Gasteiger partial charge in [-0.3, -0.25) is 10.1 Å². The molecule has 2 N–H and O–H groups in total. The molecular weight excluding hydrogens is 240 g/mol. The maximum absolute atomic E-state index is 13.5. The minimum absolute atomic E-state index is 0.127. The Labute approximate surface area is 105 Å². The largest absolute Gasteiger partial charge is 0.480 e. The molecule has 1 rings (SSSR count). The van der Waals surface area contributed by atoms with Crippen LogP contribution in [0, 0.1) is 17.6 Å². The molecule has 0 aromatic heterocycles. The smallest absolute Gasteiger partial charge is 0.320 e. The molecule has 5 heteroatoms. The van der Waals surface area contributed by atoms with Gasteiger partial charge in [-0.1, -0.05) is 13.8 Å². The summed E-state index contributed by atoms with van der Waals surface area (Å²) < 4.78 is 26.6. The summed E-state index contributed by atoms with van der Waals surface area (Å²) in [5.74, 6) is -2.25. The number of halogens is 2. The first-order valence-corrected chi connectivity index (χ1v) is 5.76. The molecule has 0 aliphatic carbocycles. The second kappa shape index (κ2) is 5.91. The van der Waals surface area contributed by atoms with E-state index in [1.807, 2.05) is 0 Å². The molecule has 0 fully saturated rings. The van der Waals surface area contributed by atoms with E-state index in [9.17, 15) is 13.6 Å². The molecule has 3 nitrogen and oxygen atoms in total. The van der Waals surface area contributed by atoms with Gasteiger partial charge in [-0.25, -0.2) is 8.78 Å². The Kier molecular flexibility index (Phi) is 4.78. The molecule has 0 amide bonds. The summed E-state index contributed by atoms with van der Waals surface area (Å²) in [6.07, 6.45) is 0. The maximum atomic E-state index is 13.5. The first-order chi connectivity index (χ1) is 8.32. The van der Waals surface area contributed by atoms with Crippen LogP contribution in [0.3, 0.4) is 0 Å². The lowest BCUT2D eigenvalue weighted by atomic mass is 10.0. The first-order valence-electron chi connectivity index (χ1n) is 5.76. The average molecular weight is 257 g/mol. The molecule has 2 atom stereocenters. The highest BCUT2D eigenvalue weighted by Gasteiger charge is 2.24. The average Bonchev–Trinajstić information content (AvgIpc) is 2.28. The molecule has 0 aliphatic heterocycles. The van der Waals surface area contributed by atoms with E-state index in [1.54, 1.807) is 20.8 Å². The van der Waals surface area contributed by atoms with Crippen LogP contribution in [-0.4, -0.2) is 17.1 Å². The number of benzene rings is 1. The third kappa shape index (κ3) is 3.50. The Morgan fingerprint density at radius 1 is 1.28 bits per heavy atom. The van der Waals surface area contributed by atoms with Crippen molar-refractivity contribution < 1.29 is 18.7 Å². The zero-order chi connectivity index (χ0) is 13.9. The number of nitrogens with one attached hydrogen (secondary N) is 1. The van der Waals surface area contributed by atoms with E-state index in [0.29, 0.717) is 0 Å². The van der Waals surface area contributed by atoms with Gasteiger partial charge >= 0.3 is 5.97 Å². The van der Waals surface area contributed by atoms with Crippen LogP contribution in [-0.2, 0) is 4.79 Å². The lowest BCUT2D eigenvalue weighted by Gasteiger charge is -2.23. The van der Waals surface area contributed by atoms with Crippen molar-refractivity contribution in [3.63, 3.8) is 0 Å². The summed E-state index contributed by atoms with van der Waals surface area (Å²) in [6.45, 7) is 5.11. The predicted octanol–water partition coefficient (Wildman–Crippen LogP) is 2.72. The minimum Gasteiger partial charge on any atom is -0.480 e. The van der Waals surface area contributed by atoms with Gasteiger partial charge in [0, 0.05) is 11.6 Å². The molecule has 0 aliphatic rings. The molecule has 1 aromatic rings. The Morgan fingerprint density at radius 3 is 2.39 bits per heavy atom. The lowest BCUT2D eigenvalue weighted by Crippen LogP contribution is -2.42. The van der Waals surface area contributed by atoms with Gasteiger partial charge in [0.2, 0.25) is 0 Å². The highest BCUT2D eigenvalue weighted by molar-refractivity contribution is 5.73. The van der Waals surface area contributed by atoms with Crippen LogP contribution in [0.2, 0.25) is 0 Å². The topological polar surface area (TPSA) is 49.3 Å². The number of hydrogen-bond donors (Lipinski definition) is 2. The van der Waals surface area contributed by atoms with Crippen molar-refractivity contribution in [2.45, 2.75) is 32.9 Å². The molecule has 0 spiro atoms. The van der Waals surface area contributed by atoms with Crippen molar-refractivity contribution in [2.24, 2.45) is 5.92 Å². The van der Waals surface area contributed by atoms with E-state index < -0.39 is 29.7 Å². The molecule has 0 saturated heterocycles. The zero-order valence-electron chi connectivity index (χ0n) is 10.6. The van der Waals surface area contributed by atoms with Crippen LogP contribution >= 0.6 is 0 Å². The number of aliphatic carboxylic acids is 1. The van der Waals surface area contributed by atoms with Gasteiger partial charge in [0.1, 0.15) is 17.7 Å². The molecule has 0 saturated carbocycles. The maximum Gasteiger partial charge on any atom is 0.320 e. The van der Waals surface area contributed by atoms with Gasteiger partial charge < -0.3 is 5.11 Å². The Balaban J connectivity index is 2.90. The number of carbonyl (C=O) groups is 1. The van der Waals surface area contributed by atoms with Crippen LogP contribution in [0.15, 0.2) is 18.2 Å². The van der Waals surface area contributed by atoms with Crippen molar-refractivity contribution >= 4 is 5.97 Å². The van der Waals surface area contributed by atoms with Crippen molar-refractivity contribution in [2.75, 3.05) is 0 Å². The van der Waals surface area contributed by atoms with Crippen molar-refractivity contribution in [1.82, 2.24) is 5.32 Å². The number of hydrogen-bond acceptors (Lipinski definition) is 2. The van der Waals surface area contributed by atoms with Gasteiger partial charge in [-0.05, 0) is 31.0 Å². The van der Waals surface area contributed by atoms with Crippen LogP contribution < -0.4 is 5.32 Å². The molecule has 0 heterocycles. The first kappa shape index (κ1) is 14.6. The summed E-state index contributed by atoms with van der Waals surface area (Å²) in [4.78, 5) is 11.0. The van der Waals surface area contributed by atoms with Gasteiger partial charge in [-0.15, -0.1) is 0 Å². The fourth-order valence-electron chi connectivity index (χ4n) is 1.75. The van der Waals surface area contributed by atoms with Gasteiger partial charge in [-0.2, -0.15) is 0 Å². The third-order valence-corrected chi connectivity index (χ3v) is 2.79. The molecule has 0 radical (unpaired) electrons. The monoisotopic (exact) mass is 257 g/mol. The van der Waals surface area contributed by atoms with Gasteiger partial charge in [0.05, 0.1) is 0 Å². The van der Waals surface area contributed by atoms with E-state index in [1.165, 1.54) is 0 Å². The highest BCUT2D eigenvalue weighted by Crippen LogP contribution is 2.19. The van der Waals surface area contributed by atoms with E-state index in [0.717, 1.165) is 18.2 Å². The lowest BCUT2D eigenvalue weighted by molar-refractivity contribution is -0.140. The number of rotatable bonds is 5. The Morgan fingerprint density at radius 2 is 1.89 bits per heavy atom. The van der Waals surface area contributed by atoms with Crippen LogP contribution in [0.4, 0.5) is 8.78 Å². The Bertz CT molecular complexity index is 435. The fourth-order valence-corrected chi connectivity index (χ4v) is 1.75. The second-order valence-electron chi connectivity index (χ2n) is 4.61. The summed E-state index contributed by atoms with van der Waals surface area (Å²) in [5.41, 5.74) is 0.127. The van der Waals surface area contributed by atoms with Crippen LogP contribution in [0.1, 0.15) is 32.4 Å². The highest BCUT2D eigenvalue weighted by atomic mass is 19.1. The van der Waals surface area contributed by atoms with Crippen molar-refractivity contribution in [1.29, 1.82) is 0 Å². The SMILES string of the molecule is CC(NC(C(=O)O)C(C)C)c1cc(F)ccc1F. The summed E-state index contributed by atoms with van der Waals surface area (Å²) in [7, 11) is 0. The number of carboxylic acid groups (broad SMARTS) is 1. The third-order valence-electron chi connectivity index (χ3n) is 2.79. The van der Waals surface area contributed by atoms with Gasteiger partial charge in [0.15, 0.2) is 0 Å². The predicted molar refractivity (Wildman–Crippen MR) is 64.2 cm³/mol. The molecular formula is C13H17F2NO2. The summed E-state index contributed by atoms with van der Waals surface area (Å²) >= 11 is 0. The molecule has 2 unspecified atom stereocenters. The van der Waals surface area contributed by atoms with Crippen LogP contribution in [0.5, 0.6) is 0 Å². The Hall–Kier alpha value is -1.49. The number of carboxylic acids is 1. The summed E-state index contributed by atoms with van der Waals surface area (Å²) in [6, 6.07) is 1.76. The fraction of sp³-hybridized carbons (Fsp3) is 0.462. The standard InChI is InChI=1S/C13H17F2NO2/c1-7(2)12(13(17)18)16-8(3)10-6-9(14)4-5-11(10)15/h4-8,12,16H,1-3H3,(H,17,18). The quantitative estimate of drug-likeness (QED) is 0.852. The summed E-state index contributed by atoms with van der Waals surface area (Å²) in [5, 5.41) is 11.8. The minimum atomic E-state index is -1.01. The van der Waals surface area contributed by atoms with Crippen molar-refractivity contribution in [3.8, 4) is 0 Å². The van der Waals surface area contributed by atoms with Crippen LogP contribution in [0.25, 0.3) is 0 Å². The van der Waals surface area contributed by atoms with Gasteiger partial charge in [0.25, 0.3) is 0 Å². The van der Waals surface area contributed by atoms with E-state index >= 15 is 0 Å². The van der Waals surface area contributed by atoms with E-state index in [4.69, 9.17) is 5.11 Å². The molecule has 100 valence electrons. The van der Waals surface area contributed by atoms with E-state index in [-0.39, 0.29) is 11.5 Å². The second-order valence-corrected chi connectivity index (χ2v) is 4.61. The molecule has 1 aromatic carbocycles. The van der Waals surface area contributed by atoms with Crippen molar-refractivity contribution in [3.05, 3.63) is 35.4 Å². The van der Waals surface area contributed by atoms with E-state index in [2.05, 4.69) is 5.32 Å². The molecule has 18 heavy (non-hydrogen) atoms. The normalized spacial score (nSPS) is 14.6. The molecule has 0 bridgehead atoms.